The van der Waals surface area contributed by atoms with Crippen molar-refractivity contribution < 1.29 is 9.29 Å². The Bertz CT molecular complexity index is 862. The first-order valence-corrected chi connectivity index (χ1v) is 9.70. The molecule has 4 nitrogen and oxygen atoms in total. The van der Waals surface area contributed by atoms with Gasteiger partial charge in [-0.3, -0.25) is 4.57 Å². The molecule has 0 amide bonds. The van der Waals surface area contributed by atoms with Gasteiger partial charge in [0.2, 0.25) is 0 Å². The van der Waals surface area contributed by atoms with E-state index in [0.717, 1.165) is 33.0 Å². The minimum absolute atomic E-state index is 0.150. The van der Waals surface area contributed by atoms with Gasteiger partial charge in [-0.05, 0) is 48.9 Å². The molecule has 1 N–H and O–H groups in total. The lowest BCUT2D eigenvalue weighted by Crippen LogP contribution is -3.05. The Morgan fingerprint density at radius 3 is 2.35 bits per heavy atom. The third kappa shape index (κ3) is 4.26. The van der Waals surface area contributed by atoms with Gasteiger partial charge in [-0.1, -0.05) is 35.5 Å². The van der Waals surface area contributed by atoms with E-state index in [1.807, 2.05) is 28.8 Å². The second-order valence-electron chi connectivity index (χ2n) is 6.37. The maximum absolute atomic E-state index is 13.4. The lowest BCUT2D eigenvalue weighted by Gasteiger charge is -2.18. The van der Waals surface area contributed by atoms with Crippen LogP contribution in [-0.4, -0.2) is 28.9 Å². The summed E-state index contributed by atoms with van der Waals surface area (Å²) < 4.78 is 15.4. The number of aromatic nitrogens is 3. The van der Waals surface area contributed by atoms with Gasteiger partial charge in [-0.25, -0.2) is 4.39 Å². The number of nitrogens with one attached hydrogen (secondary N) is 1. The van der Waals surface area contributed by atoms with Crippen LogP contribution in [-0.2, 0) is 5.75 Å². The number of hydrogen-bond acceptors (Lipinski definition) is 3. The molecule has 26 heavy (non-hydrogen) atoms. The predicted octanol–water partition coefficient (Wildman–Crippen LogP) is 3.56. The van der Waals surface area contributed by atoms with E-state index in [4.69, 9.17) is 11.6 Å². The van der Waals surface area contributed by atoms with Crippen molar-refractivity contribution in [3.05, 3.63) is 70.8 Å². The second kappa shape index (κ2) is 8.20. The van der Waals surface area contributed by atoms with E-state index in [1.54, 1.807) is 23.9 Å². The van der Waals surface area contributed by atoms with Crippen molar-refractivity contribution in [1.29, 1.82) is 0 Å². The second-order valence-corrected chi connectivity index (χ2v) is 7.75. The van der Waals surface area contributed by atoms with Gasteiger partial charge in [0.15, 0.2) is 11.0 Å². The Kier molecular flexibility index (Phi) is 5.96. The molecule has 136 valence electrons. The number of benzene rings is 2. The van der Waals surface area contributed by atoms with E-state index < -0.39 is 0 Å². The Labute approximate surface area is 162 Å². The van der Waals surface area contributed by atoms with Crippen molar-refractivity contribution in [2.24, 2.45) is 0 Å². The average Bonchev–Trinajstić information content (AvgIpc) is 3.05. The minimum Gasteiger partial charge on any atom is -0.331 e. The molecule has 0 unspecified atom stereocenters. The third-order valence-electron chi connectivity index (χ3n) is 4.28. The maximum Gasteiger partial charge on any atom is 0.196 e. The van der Waals surface area contributed by atoms with Gasteiger partial charge in [0.1, 0.15) is 11.9 Å². The molecule has 0 saturated carbocycles. The fourth-order valence-electron chi connectivity index (χ4n) is 2.47. The van der Waals surface area contributed by atoms with Crippen molar-refractivity contribution in [2.75, 3.05) is 14.1 Å². The van der Waals surface area contributed by atoms with E-state index in [1.165, 1.54) is 17.0 Å². The van der Waals surface area contributed by atoms with Crippen LogP contribution in [0.1, 0.15) is 24.4 Å². The standard InChI is InChI=1S/C19H20ClFN4S/c1-13(24(2)3)18-22-23-19(25(18)17-10-8-16(21)9-11-17)26-12-14-4-6-15(20)7-5-14/h4-11,13H,12H2,1-3H3/p+1/t13-/m0/s1. The zero-order valence-electron chi connectivity index (χ0n) is 14.9. The fraction of sp³-hybridized carbons (Fsp3) is 0.263. The van der Waals surface area contributed by atoms with Crippen LogP contribution in [0.25, 0.3) is 5.69 Å². The lowest BCUT2D eigenvalue weighted by molar-refractivity contribution is -0.890. The van der Waals surface area contributed by atoms with Gasteiger partial charge in [-0.2, -0.15) is 0 Å². The van der Waals surface area contributed by atoms with Crippen molar-refractivity contribution in [3.63, 3.8) is 0 Å². The molecule has 0 radical (unpaired) electrons. The van der Waals surface area contributed by atoms with Gasteiger partial charge in [0.05, 0.1) is 14.1 Å². The number of hydrogen-bond donors (Lipinski definition) is 1. The van der Waals surface area contributed by atoms with Crippen molar-refractivity contribution in [3.8, 4) is 5.69 Å². The highest BCUT2D eigenvalue weighted by atomic mass is 35.5. The maximum atomic E-state index is 13.4. The molecule has 7 heteroatoms. The Morgan fingerprint density at radius 2 is 1.73 bits per heavy atom. The van der Waals surface area contributed by atoms with Crippen LogP contribution < -0.4 is 4.90 Å². The molecule has 2 aromatic carbocycles. The topological polar surface area (TPSA) is 35.1 Å². The summed E-state index contributed by atoms with van der Waals surface area (Å²) in [6.07, 6.45) is 0. The molecule has 0 bridgehead atoms. The van der Waals surface area contributed by atoms with Crippen molar-refractivity contribution in [1.82, 2.24) is 14.8 Å². The minimum atomic E-state index is -0.259. The number of quaternary nitrogens is 1. The molecular weight excluding hydrogens is 371 g/mol. The highest BCUT2D eigenvalue weighted by Crippen LogP contribution is 2.27. The molecule has 0 aliphatic carbocycles. The predicted molar refractivity (Wildman–Crippen MR) is 104 cm³/mol. The zero-order valence-corrected chi connectivity index (χ0v) is 16.5. The van der Waals surface area contributed by atoms with E-state index >= 15 is 0 Å². The molecule has 1 heterocycles. The smallest absolute Gasteiger partial charge is 0.196 e. The van der Waals surface area contributed by atoms with E-state index in [9.17, 15) is 4.39 Å². The molecule has 3 rings (SSSR count). The summed E-state index contributed by atoms with van der Waals surface area (Å²) in [5.74, 6) is 1.35. The summed E-state index contributed by atoms with van der Waals surface area (Å²) in [6.45, 7) is 2.10. The number of halogens is 2. The van der Waals surface area contributed by atoms with Gasteiger partial charge < -0.3 is 4.90 Å². The number of rotatable bonds is 6. The monoisotopic (exact) mass is 391 g/mol. The van der Waals surface area contributed by atoms with E-state index in [-0.39, 0.29) is 11.9 Å². The largest absolute Gasteiger partial charge is 0.331 e. The van der Waals surface area contributed by atoms with Gasteiger partial charge in [-0.15, -0.1) is 10.2 Å². The Morgan fingerprint density at radius 1 is 1.08 bits per heavy atom. The molecule has 1 atom stereocenters. The molecule has 0 spiro atoms. The van der Waals surface area contributed by atoms with Crippen LogP contribution in [0.4, 0.5) is 4.39 Å². The first-order chi connectivity index (χ1) is 12.5. The number of thioether (sulfide) groups is 1. The SMILES string of the molecule is C[C@@H](c1nnc(SCc2ccc(Cl)cc2)n1-c1ccc(F)cc1)[NH+](C)C. The number of nitrogens with zero attached hydrogens (tertiary/aromatic N) is 3. The zero-order chi connectivity index (χ0) is 18.7. The highest BCUT2D eigenvalue weighted by molar-refractivity contribution is 7.98. The van der Waals surface area contributed by atoms with Gasteiger partial charge in [0.25, 0.3) is 0 Å². The molecular formula is C19H21ClFN4S+. The molecule has 1 aromatic heterocycles. The normalized spacial score (nSPS) is 12.5. The van der Waals surface area contributed by atoms with Crippen LogP contribution in [0.5, 0.6) is 0 Å². The fourth-order valence-corrected chi connectivity index (χ4v) is 3.52. The molecule has 0 saturated heterocycles. The summed E-state index contributed by atoms with van der Waals surface area (Å²) in [5, 5.41) is 10.3. The summed E-state index contributed by atoms with van der Waals surface area (Å²) in [5.41, 5.74) is 2.01. The molecule has 0 fully saturated rings. The van der Waals surface area contributed by atoms with Crippen LogP contribution in [0.15, 0.2) is 53.7 Å². The highest BCUT2D eigenvalue weighted by Gasteiger charge is 2.23. The summed E-state index contributed by atoms with van der Waals surface area (Å²) in [4.78, 5) is 1.25. The average molecular weight is 392 g/mol. The van der Waals surface area contributed by atoms with Gasteiger partial charge in [0, 0.05) is 16.5 Å². The molecule has 0 aliphatic rings. The Hall–Kier alpha value is -1.89. The summed E-state index contributed by atoms with van der Waals surface area (Å²) in [6, 6.07) is 14.3. The third-order valence-corrected chi connectivity index (χ3v) is 5.53. The first-order valence-electron chi connectivity index (χ1n) is 8.34. The Balaban J connectivity index is 1.93. The van der Waals surface area contributed by atoms with Crippen LogP contribution in [0.2, 0.25) is 5.02 Å². The summed E-state index contributed by atoms with van der Waals surface area (Å²) in [7, 11) is 4.16. The summed E-state index contributed by atoms with van der Waals surface area (Å²) >= 11 is 7.55. The molecule has 0 aliphatic heterocycles. The van der Waals surface area contributed by atoms with Crippen molar-refractivity contribution >= 4 is 23.4 Å². The van der Waals surface area contributed by atoms with Crippen LogP contribution in [0.3, 0.4) is 0 Å². The first kappa shape index (κ1) is 18.9. The van der Waals surface area contributed by atoms with Crippen LogP contribution in [0, 0.1) is 5.82 Å². The van der Waals surface area contributed by atoms with Crippen molar-refractivity contribution in [2.45, 2.75) is 23.9 Å². The van der Waals surface area contributed by atoms with E-state index in [0.29, 0.717) is 0 Å². The van der Waals surface area contributed by atoms with E-state index in [2.05, 4.69) is 31.2 Å². The molecule has 3 aromatic rings. The van der Waals surface area contributed by atoms with Crippen LogP contribution >= 0.6 is 23.4 Å². The lowest BCUT2D eigenvalue weighted by atomic mass is 10.2. The van der Waals surface area contributed by atoms with Gasteiger partial charge >= 0.3 is 0 Å². The quantitative estimate of drug-likeness (QED) is 0.652.